The van der Waals surface area contributed by atoms with Crippen LogP contribution in [0.2, 0.25) is 0 Å². The summed E-state index contributed by atoms with van der Waals surface area (Å²) in [7, 11) is 0. The number of hydrogen-bond acceptors (Lipinski definition) is 4. The van der Waals surface area contributed by atoms with Gasteiger partial charge in [0.25, 0.3) is 5.91 Å². The number of hydrogen-bond donors (Lipinski definition) is 1. The molecule has 3 rings (SSSR count). The van der Waals surface area contributed by atoms with E-state index in [4.69, 9.17) is 9.26 Å². The SMILES string of the molecule is Cc1oncc1C(=O)Nc1ccc(Oc2ccc(Br)cc2)cc1. The molecule has 0 saturated heterocycles. The van der Waals surface area contributed by atoms with E-state index in [2.05, 4.69) is 26.4 Å². The Morgan fingerprint density at radius 3 is 2.26 bits per heavy atom. The maximum atomic E-state index is 12.1. The van der Waals surface area contributed by atoms with Crippen molar-refractivity contribution in [1.82, 2.24) is 5.16 Å². The second-order valence-corrected chi connectivity index (χ2v) is 5.75. The van der Waals surface area contributed by atoms with Crippen molar-refractivity contribution in [3.05, 3.63) is 70.5 Å². The molecule has 0 radical (unpaired) electrons. The van der Waals surface area contributed by atoms with Crippen LogP contribution >= 0.6 is 15.9 Å². The highest BCUT2D eigenvalue weighted by Gasteiger charge is 2.12. The van der Waals surface area contributed by atoms with E-state index in [1.807, 2.05) is 24.3 Å². The lowest BCUT2D eigenvalue weighted by molar-refractivity contribution is 0.102. The molecule has 116 valence electrons. The van der Waals surface area contributed by atoms with Crippen LogP contribution in [0.5, 0.6) is 11.5 Å². The maximum Gasteiger partial charge on any atom is 0.260 e. The molecule has 0 spiro atoms. The molecule has 1 amide bonds. The van der Waals surface area contributed by atoms with Crippen molar-refractivity contribution in [2.45, 2.75) is 6.92 Å². The van der Waals surface area contributed by atoms with Gasteiger partial charge in [0.2, 0.25) is 0 Å². The fraction of sp³-hybridized carbons (Fsp3) is 0.0588. The van der Waals surface area contributed by atoms with Crippen molar-refractivity contribution >= 4 is 27.5 Å². The third-order valence-electron chi connectivity index (χ3n) is 3.16. The zero-order valence-electron chi connectivity index (χ0n) is 12.2. The van der Waals surface area contributed by atoms with Crippen LogP contribution in [0.3, 0.4) is 0 Å². The Labute approximate surface area is 141 Å². The summed E-state index contributed by atoms with van der Waals surface area (Å²) < 4.78 is 11.6. The number of aromatic nitrogens is 1. The van der Waals surface area contributed by atoms with Crippen LogP contribution in [-0.4, -0.2) is 11.1 Å². The minimum atomic E-state index is -0.259. The van der Waals surface area contributed by atoms with E-state index in [-0.39, 0.29) is 5.91 Å². The Balaban J connectivity index is 1.66. The lowest BCUT2D eigenvalue weighted by atomic mass is 10.2. The van der Waals surface area contributed by atoms with Gasteiger partial charge in [0.05, 0.1) is 6.20 Å². The molecule has 0 bridgehead atoms. The van der Waals surface area contributed by atoms with Crippen molar-refractivity contribution in [3.63, 3.8) is 0 Å². The number of benzene rings is 2. The number of ether oxygens (including phenoxy) is 1. The van der Waals surface area contributed by atoms with Crippen LogP contribution in [-0.2, 0) is 0 Å². The largest absolute Gasteiger partial charge is 0.457 e. The number of rotatable bonds is 4. The lowest BCUT2D eigenvalue weighted by Crippen LogP contribution is -2.11. The van der Waals surface area contributed by atoms with Crippen LogP contribution in [0, 0.1) is 6.92 Å². The Morgan fingerprint density at radius 2 is 1.70 bits per heavy atom. The van der Waals surface area contributed by atoms with Gasteiger partial charge in [-0.1, -0.05) is 21.1 Å². The number of anilines is 1. The first-order valence-electron chi connectivity index (χ1n) is 6.88. The summed E-state index contributed by atoms with van der Waals surface area (Å²) in [4.78, 5) is 12.1. The molecule has 1 aromatic heterocycles. The number of carbonyl (C=O) groups is 1. The van der Waals surface area contributed by atoms with E-state index in [0.717, 1.165) is 10.2 Å². The van der Waals surface area contributed by atoms with Gasteiger partial charge in [-0.15, -0.1) is 0 Å². The molecule has 1 N–H and O–H groups in total. The lowest BCUT2D eigenvalue weighted by Gasteiger charge is -2.08. The van der Waals surface area contributed by atoms with Gasteiger partial charge < -0.3 is 14.6 Å². The Hall–Kier alpha value is -2.60. The van der Waals surface area contributed by atoms with Gasteiger partial charge in [0.1, 0.15) is 22.8 Å². The molecular weight excluding hydrogens is 360 g/mol. The molecule has 0 fully saturated rings. The number of nitrogens with zero attached hydrogens (tertiary/aromatic N) is 1. The van der Waals surface area contributed by atoms with Crippen LogP contribution in [0.25, 0.3) is 0 Å². The number of amides is 1. The normalized spacial score (nSPS) is 10.3. The topological polar surface area (TPSA) is 64.4 Å². The van der Waals surface area contributed by atoms with Crippen LogP contribution < -0.4 is 10.1 Å². The molecule has 6 heteroatoms. The molecule has 23 heavy (non-hydrogen) atoms. The van der Waals surface area contributed by atoms with E-state index in [0.29, 0.717) is 22.8 Å². The van der Waals surface area contributed by atoms with Crippen LogP contribution in [0.1, 0.15) is 16.1 Å². The summed E-state index contributed by atoms with van der Waals surface area (Å²) in [5, 5.41) is 6.38. The molecule has 5 nitrogen and oxygen atoms in total. The Bertz CT molecular complexity index is 811. The molecular formula is C17H13BrN2O3. The minimum absolute atomic E-state index is 0.259. The quantitative estimate of drug-likeness (QED) is 0.714. The molecule has 0 aliphatic heterocycles. The van der Waals surface area contributed by atoms with E-state index >= 15 is 0 Å². The molecule has 0 saturated carbocycles. The summed E-state index contributed by atoms with van der Waals surface area (Å²) >= 11 is 3.38. The third kappa shape index (κ3) is 3.78. The van der Waals surface area contributed by atoms with Gasteiger partial charge in [-0.25, -0.2) is 0 Å². The summed E-state index contributed by atoms with van der Waals surface area (Å²) in [6, 6.07) is 14.7. The Kier molecular flexibility index (Phi) is 4.43. The second-order valence-electron chi connectivity index (χ2n) is 4.83. The molecule has 0 aliphatic rings. The summed E-state index contributed by atoms with van der Waals surface area (Å²) in [6.07, 6.45) is 1.40. The van der Waals surface area contributed by atoms with Crippen molar-refractivity contribution in [2.24, 2.45) is 0 Å². The molecule has 2 aromatic carbocycles. The smallest absolute Gasteiger partial charge is 0.260 e. The first-order valence-corrected chi connectivity index (χ1v) is 7.67. The fourth-order valence-corrected chi connectivity index (χ4v) is 2.22. The first kappa shape index (κ1) is 15.3. The molecule has 0 aliphatic carbocycles. The van der Waals surface area contributed by atoms with Crippen LogP contribution in [0.15, 0.2) is 63.7 Å². The van der Waals surface area contributed by atoms with Crippen LogP contribution in [0.4, 0.5) is 5.69 Å². The van der Waals surface area contributed by atoms with Gasteiger partial charge in [-0.05, 0) is 55.5 Å². The number of aryl methyl sites for hydroxylation is 1. The van der Waals surface area contributed by atoms with E-state index in [1.54, 1.807) is 31.2 Å². The summed E-state index contributed by atoms with van der Waals surface area (Å²) in [5.74, 6) is 1.65. The molecule has 1 heterocycles. The van der Waals surface area contributed by atoms with Crippen molar-refractivity contribution in [2.75, 3.05) is 5.32 Å². The van der Waals surface area contributed by atoms with Crippen molar-refractivity contribution in [3.8, 4) is 11.5 Å². The standard InChI is InChI=1S/C17H13BrN2O3/c1-11-16(10-19-23-11)17(21)20-13-4-8-15(9-5-13)22-14-6-2-12(18)3-7-14/h2-10H,1H3,(H,20,21). The first-order chi connectivity index (χ1) is 11.1. The van der Waals surface area contributed by atoms with Gasteiger partial charge in [-0.2, -0.15) is 0 Å². The van der Waals surface area contributed by atoms with Crippen molar-refractivity contribution < 1.29 is 14.1 Å². The predicted octanol–water partition coefficient (Wildman–Crippen LogP) is 4.79. The highest BCUT2D eigenvalue weighted by atomic mass is 79.9. The predicted molar refractivity (Wildman–Crippen MR) is 89.9 cm³/mol. The van der Waals surface area contributed by atoms with Gasteiger partial charge in [0.15, 0.2) is 0 Å². The van der Waals surface area contributed by atoms with Gasteiger partial charge in [-0.3, -0.25) is 4.79 Å². The van der Waals surface area contributed by atoms with E-state index in [1.165, 1.54) is 6.20 Å². The second kappa shape index (κ2) is 6.66. The number of nitrogens with one attached hydrogen (secondary N) is 1. The highest BCUT2D eigenvalue weighted by Crippen LogP contribution is 2.24. The monoisotopic (exact) mass is 372 g/mol. The molecule has 3 aromatic rings. The highest BCUT2D eigenvalue weighted by molar-refractivity contribution is 9.10. The van der Waals surface area contributed by atoms with Gasteiger partial charge in [0, 0.05) is 10.2 Å². The van der Waals surface area contributed by atoms with Gasteiger partial charge >= 0.3 is 0 Å². The summed E-state index contributed by atoms with van der Waals surface area (Å²) in [6.45, 7) is 1.69. The maximum absolute atomic E-state index is 12.1. The van der Waals surface area contributed by atoms with Crippen molar-refractivity contribution in [1.29, 1.82) is 0 Å². The average molecular weight is 373 g/mol. The Morgan fingerprint density at radius 1 is 1.09 bits per heavy atom. The number of halogens is 1. The molecule has 0 unspecified atom stereocenters. The zero-order chi connectivity index (χ0) is 16.2. The number of carbonyl (C=O) groups excluding carboxylic acids is 1. The summed E-state index contributed by atoms with van der Waals surface area (Å²) in [5.41, 5.74) is 1.08. The minimum Gasteiger partial charge on any atom is -0.457 e. The zero-order valence-corrected chi connectivity index (χ0v) is 13.8. The fourth-order valence-electron chi connectivity index (χ4n) is 1.96. The average Bonchev–Trinajstić information content (AvgIpc) is 2.98. The third-order valence-corrected chi connectivity index (χ3v) is 3.69. The van der Waals surface area contributed by atoms with E-state index in [9.17, 15) is 4.79 Å². The molecule has 0 atom stereocenters. The van der Waals surface area contributed by atoms with E-state index < -0.39 is 0 Å².